The molecule has 0 saturated heterocycles. The first-order chi connectivity index (χ1) is 11.9. The van der Waals surface area contributed by atoms with Crippen LogP contribution < -0.4 is 10.6 Å². The number of guanidine groups is 1. The zero-order valence-corrected chi connectivity index (χ0v) is 17.1. The van der Waals surface area contributed by atoms with E-state index < -0.39 is 0 Å². The molecule has 2 unspecified atom stereocenters. The molecule has 0 fully saturated rings. The van der Waals surface area contributed by atoms with Crippen molar-refractivity contribution in [3.8, 4) is 0 Å². The van der Waals surface area contributed by atoms with E-state index in [9.17, 15) is 0 Å². The van der Waals surface area contributed by atoms with Crippen LogP contribution in [0, 0.1) is 19.8 Å². The SMILES string of the molecule is CN=C(NCC(C)Cc1cccs1)NC(C)Cc1c(C)nn(C)c1C. The predicted octanol–water partition coefficient (Wildman–Crippen LogP) is 3.07. The maximum atomic E-state index is 4.50. The molecule has 0 aliphatic carbocycles. The van der Waals surface area contributed by atoms with E-state index >= 15 is 0 Å². The Morgan fingerprint density at radius 3 is 2.64 bits per heavy atom. The van der Waals surface area contributed by atoms with Gasteiger partial charge in [-0.25, -0.2) is 0 Å². The van der Waals surface area contributed by atoms with Gasteiger partial charge in [-0.3, -0.25) is 9.67 Å². The van der Waals surface area contributed by atoms with Gasteiger partial charge in [-0.2, -0.15) is 5.10 Å². The lowest BCUT2D eigenvalue weighted by molar-refractivity contribution is 0.553. The molecular formula is C19H31N5S. The summed E-state index contributed by atoms with van der Waals surface area (Å²) in [5.74, 6) is 1.43. The van der Waals surface area contributed by atoms with Crippen LogP contribution in [0.2, 0.25) is 0 Å². The third kappa shape index (κ3) is 5.59. The van der Waals surface area contributed by atoms with Gasteiger partial charge >= 0.3 is 0 Å². The van der Waals surface area contributed by atoms with Crippen LogP contribution >= 0.6 is 11.3 Å². The molecule has 6 heteroatoms. The monoisotopic (exact) mass is 361 g/mol. The Morgan fingerprint density at radius 1 is 1.32 bits per heavy atom. The van der Waals surface area contributed by atoms with Crippen molar-refractivity contribution in [1.29, 1.82) is 0 Å². The minimum absolute atomic E-state index is 0.292. The normalized spacial score (nSPS) is 14.4. The molecule has 0 aliphatic heterocycles. The Morgan fingerprint density at radius 2 is 2.08 bits per heavy atom. The molecule has 2 N–H and O–H groups in total. The maximum absolute atomic E-state index is 4.50. The summed E-state index contributed by atoms with van der Waals surface area (Å²) in [6.07, 6.45) is 2.04. The topological polar surface area (TPSA) is 54.2 Å². The second kappa shape index (κ2) is 9.04. The van der Waals surface area contributed by atoms with E-state index in [0.717, 1.165) is 31.0 Å². The van der Waals surface area contributed by atoms with Gasteiger partial charge in [-0.15, -0.1) is 11.3 Å². The van der Waals surface area contributed by atoms with Crippen LogP contribution in [0.1, 0.15) is 35.7 Å². The number of nitrogens with zero attached hydrogens (tertiary/aromatic N) is 3. The first-order valence-electron chi connectivity index (χ1n) is 8.89. The van der Waals surface area contributed by atoms with Crippen molar-refractivity contribution in [2.24, 2.45) is 18.0 Å². The van der Waals surface area contributed by atoms with Gasteiger partial charge in [0.2, 0.25) is 0 Å². The fourth-order valence-electron chi connectivity index (χ4n) is 3.01. The number of hydrogen-bond donors (Lipinski definition) is 2. The van der Waals surface area contributed by atoms with Gasteiger partial charge in [0, 0.05) is 37.3 Å². The first-order valence-corrected chi connectivity index (χ1v) is 9.77. The third-order valence-corrected chi connectivity index (χ3v) is 5.42. The fourth-order valence-corrected chi connectivity index (χ4v) is 3.88. The van der Waals surface area contributed by atoms with Crippen LogP contribution in [0.5, 0.6) is 0 Å². The van der Waals surface area contributed by atoms with E-state index in [1.807, 2.05) is 30.1 Å². The van der Waals surface area contributed by atoms with E-state index in [1.54, 1.807) is 0 Å². The van der Waals surface area contributed by atoms with Crippen molar-refractivity contribution >= 4 is 17.3 Å². The van der Waals surface area contributed by atoms with Crippen molar-refractivity contribution in [3.05, 3.63) is 39.3 Å². The highest BCUT2D eigenvalue weighted by Crippen LogP contribution is 2.15. The molecule has 0 bridgehead atoms. The molecular weight excluding hydrogens is 330 g/mol. The maximum Gasteiger partial charge on any atom is 0.191 e. The van der Waals surface area contributed by atoms with Gasteiger partial charge in [0.25, 0.3) is 0 Å². The van der Waals surface area contributed by atoms with Crippen LogP contribution in [0.15, 0.2) is 22.5 Å². The second-order valence-electron chi connectivity index (χ2n) is 6.86. The smallest absolute Gasteiger partial charge is 0.191 e. The quantitative estimate of drug-likeness (QED) is 0.589. The summed E-state index contributed by atoms with van der Waals surface area (Å²) in [5.41, 5.74) is 3.67. The van der Waals surface area contributed by atoms with Gasteiger partial charge in [0.1, 0.15) is 0 Å². The molecule has 2 aromatic rings. The van der Waals surface area contributed by atoms with Gasteiger partial charge in [0.15, 0.2) is 5.96 Å². The van der Waals surface area contributed by atoms with E-state index in [0.29, 0.717) is 12.0 Å². The van der Waals surface area contributed by atoms with Gasteiger partial charge in [-0.05, 0) is 56.5 Å². The molecule has 138 valence electrons. The first kappa shape index (κ1) is 19.5. The zero-order valence-electron chi connectivity index (χ0n) is 16.3. The Kier molecular flexibility index (Phi) is 7.05. The molecule has 25 heavy (non-hydrogen) atoms. The molecule has 2 rings (SSSR count). The lowest BCUT2D eigenvalue weighted by Gasteiger charge is -2.20. The number of rotatable bonds is 7. The Balaban J connectivity index is 1.82. The number of nitrogens with one attached hydrogen (secondary N) is 2. The molecule has 0 saturated carbocycles. The fraction of sp³-hybridized carbons (Fsp3) is 0.579. The van der Waals surface area contributed by atoms with Crippen LogP contribution in [-0.4, -0.2) is 35.4 Å². The average Bonchev–Trinajstić information content (AvgIpc) is 3.15. The lowest BCUT2D eigenvalue weighted by Crippen LogP contribution is -2.44. The summed E-state index contributed by atoms with van der Waals surface area (Å²) < 4.78 is 1.96. The van der Waals surface area contributed by atoms with Crippen LogP contribution in [0.3, 0.4) is 0 Å². The van der Waals surface area contributed by atoms with Crippen molar-refractivity contribution in [3.63, 3.8) is 0 Å². The highest BCUT2D eigenvalue weighted by atomic mass is 32.1. The number of thiophene rings is 1. The van der Waals surface area contributed by atoms with Crippen molar-refractivity contribution in [2.75, 3.05) is 13.6 Å². The number of hydrogen-bond acceptors (Lipinski definition) is 3. The average molecular weight is 362 g/mol. The summed E-state index contributed by atoms with van der Waals surface area (Å²) in [4.78, 5) is 5.80. The largest absolute Gasteiger partial charge is 0.356 e. The number of aromatic nitrogens is 2. The van der Waals surface area contributed by atoms with Gasteiger partial charge < -0.3 is 10.6 Å². The van der Waals surface area contributed by atoms with Crippen molar-refractivity contribution in [1.82, 2.24) is 20.4 Å². The van der Waals surface area contributed by atoms with E-state index in [2.05, 4.69) is 65.9 Å². The Hall–Kier alpha value is -1.82. The molecule has 2 aromatic heterocycles. The van der Waals surface area contributed by atoms with Crippen LogP contribution in [0.25, 0.3) is 0 Å². The van der Waals surface area contributed by atoms with Crippen LogP contribution in [-0.2, 0) is 19.9 Å². The molecule has 2 heterocycles. The van der Waals surface area contributed by atoms with E-state index in [1.165, 1.54) is 16.1 Å². The highest BCUT2D eigenvalue weighted by Gasteiger charge is 2.14. The van der Waals surface area contributed by atoms with E-state index in [4.69, 9.17) is 0 Å². The van der Waals surface area contributed by atoms with E-state index in [-0.39, 0.29) is 0 Å². The number of aryl methyl sites for hydroxylation is 2. The van der Waals surface area contributed by atoms with Crippen molar-refractivity contribution in [2.45, 2.75) is 46.6 Å². The predicted molar refractivity (Wildman–Crippen MR) is 108 cm³/mol. The highest BCUT2D eigenvalue weighted by molar-refractivity contribution is 7.09. The summed E-state index contributed by atoms with van der Waals surface area (Å²) >= 11 is 1.83. The molecule has 5 nitrogen and oxygen atoms in total. The standard InChI is InChI=1S/C19H31N5S/c1-13(10-17-8-7-9-25-17)12-21-19(20-5)22-14(2)11-18-15(3)23-24(6)16(18)4/h7-9,13-14H,10-12H2,1-6H3,(H2,20,21,22). The number of aliphatic imine (C=N–C) groups is 1. The molecule has 0 spiro atoms. The van der Waals surface area contributed by atoms with Gasteiger partial charge in [-0.1, -0.05) is 13.0 Å². The summed E-state index contributed by atoms with van der Waals surface area (Å²) in [5, 5.41) is 13.6. The molecule has 0 radical (unpaired) electrons. The lowest BCUT2D eigenvalue weighted by atomic mass is 10.1. The second-order valence-corrected chi connectivity index (χ2v) is 7.90. The third-order valence-electron chi connectivity index (χ3n) is 4.52. The van der Waals surface area contributed by atoms with Crippen LogP contribution in [0.4, 0.5) is 0 Å². The minimum Gasteiger partial charge on any atom is -0.356 e. The minimum atomic E-state index is 0.292. The molecule has 0 aliphatic rings. The summed E-state index contributed by atoms with van der Waals surface area (Å²) in [6.45, 7) is 9.57. The molecule has 0 amide bonds. The van der Waals surface area contributed by atoms with Crippen molar-refractivity contribution < 1.29 is 0 Å². The Labute approximate surface area is 155 Å². The van der Waals surface area contributed by atoms with Gasteiger partial charge in [0.05, 0.1) is 5.69 Å². The molecule has 0 aromatic carbocycles. The summed E-state index contributed by atoms with van der Waals surface area (Å²) in [7, 11) is 3.83. The zero-order chi connectivity index (χ0) is 18.4. The molecule has 2 atom stereocenters. The Bertz CT molecular complexity index is 687. The summed E-state index contributed by atoms with van der Waals surface area (Å²) in [6, 6.07) is 4.61.